The van der Waals surface area contributed by atoms with E-state index < -0.39 is 0 Å². The average molecular weight is 208 g/mol. The van der Waals surface area contributed by atoms with Gasteiger partial charge in [0.1, 0.15) is 0 Å². The van der Waals surface area contributed by atoms with Gasteiger partial charge in [0.25, 0.3) is 0 Å². The van der Waals surface area contributed by atoms with Crippen LogP contribution >= 0.6 is 0 Å². The third kappa shape index (κ3) is 7.41. The van der Waals surface area contributed by atoms with E-state index in [4.69, 9.17) is 0 Å². The van der Waals surface area contributed by atoms with Crippen molar-refractivity contribution in [3.8, 4) is 0 Å². The summed E-state index contributed by atoms with van der Waals surface area (Å²) in [6, 6.07) is 0. The zero-order valence-electron chi connectivity index (χ0n) is 11.3. The van der Waals surface area contributed by atoms with E-state index in [0.717, 1.165) is 0 Å². The summed E-state index contributed by atoms with van der Waals surface area (Å²) in [4.78, 5) is 0. The maximum absolute atomic E-state index is 2.43. The quantitative estimate of drug-likeness (QED) is 0.484. The van der Waals surface area contributed by atoms with Crippen molar-refractivity contribution in [3.05, 3.63) is 23.3 Å². The normalized spacial score (nSPS) is 13.8. The van der Waals surface area contributed by atoms with Gasteiger partial charge in [-0.15, -0.1) is 0 Å². The van der Waals surface area contributed by atoms with Crippen LogP contribution in [0.4, 0.5) is 0 Å². The molecular weight excluding hydrogens is 180 g/mol. The molecule has 0 aromatic rings. The van der Waals surface area contributed by atoms with Crippen LogP contribution in [-0.4, -0.2) is 0 Å². The van der Waals surface area contributed by atoms with Crippen molar-refractivity contribution in [2.24, 2.45) is 5.92 Å². The summed E-state index contributed by atoms with van der Waals surface area (Å²) in [5.74, 6) is 0.699. The van der Waals surface area contributed by atoms with E-state index in [1.807, 2.05) is 0 Å². The Labute approximate surface area is 96.5 Å². The van der Waals surface area contributed by atoms with E-state index in [1.54, 1.807) is 11.1 Å². The van der Waals surface area contributed by atoms with Crippen molar-refractivity contribution in [3.63, 3.8) is 0 Å². The van der Waals surface area contributed by atoms with Crippen LogP contribution in [0.5, 0.6) is 0 Å². The van der Waals surface area contributed by atoms with Crippen LogP contribution in [0.15, 0.2) is 23.3 Å². The lowest BCUT2D eigenvalue weighted by Crippen LogP contribution is -1.90. The van der Waals surface area contributed by atoms with Crippen LogP contribution in [0.3, 0.4) is 0 Å². The molecule has 0 heteroatoms. The van der Waals surface area contributed by atoms with Crippen LogP contribution in [0.1, 0.15) is 66.7 Å². The fraction of sp³-hybridized carbons (Fsp3) is 0.733. The molecule has 0 aliphatic heterocycles. The molecule has 0 rings (SSSR count). The van der Waals surface area contributed by atoms with Gasteiger partial charge in [-0.05, 0) is 38.5 Å². The zero-order valence-corrected chi connectivity index (χ0v) is 11.3. The maximum Gasteiger partial charge on any atom is -0.0225 e. The molecule has 0 aromatic carbocycles. The van der Waals surface area contributed by atoms with Crippen molar-refractivity contribution in [2.75, 3.05) is 0 Å². The van der Waals surface area contributed by atoms with Gasteiger partial charge in [-0.2, -0.15) is 0 Å². The standard InChI is InChI=1S/C15H28/c1-6-9-13(4)12-14(5)10-11-15(7-2)8-3/h11-12,14H,6-10H2,1-5H3. The number of rotatable bonds is 7. The molecule has 0 saturated heterocycles. The highest BCUT2D eigenvalue weighted by Crippen LogP contribution is 2.15. The molecule has 1 unspecified atom stereocenters. The number of allylic oxidation sites excluding steroid dienone is 4. The Morgan fingerprint density at radius 1 is 1.13 bits per heavy atom. The largest absolute Gasteiger partial charge is 0.0848 e. The Kier molecular flexibility index (Phi) is 8.46. The molecule has 0 N–H and O–H groups in total. The first-order valence-corrected chi connectivity index (χ1v) is 6.49. The van der Waals surface area contributed by atoms with Gasteiger partial charge in [0.2, 0.25) is 0 Å². The van der Waals surface area contributed by atoms with Crippen molar-refractivity contribution in [1.29, 1.82) is 0 Å². The first kappa shape index (κ1) is 14.5. The molecular formula is C15H28. The highest BCUT2D eigenvalue weighted by atomic mass is 14.0. The molecule has 0 spiro atoms. The Morgan fingerprint density at radius 2 is 1.73 bits per heavy atom. The van der Waals surface area contributed by atoms with E-state index in [2.05, 4.69) is 46.8 Å². The molecule has 0 radical (unpaired) electrons. The van der Waals surface area contributed by atoms with Crippen LogP contribution in [0, 0.1) is 5.92 Å². The molecule has 15 heavy (non-hydrogen) atoms. The molecule has 0 fully saturated rings. The molecule has 0 heterocycles. The topological polar surface area (TPSA) is 0 Å². The molecule has 1 atom stereocenters. The highest BCUT2D eigenvalue weighted by Gasteiger charge is 1.98. The van der Waals surface area contributed by atoms with E-state index in [-0.39, 0.29) is 0 Å². The summed E-state index contributed by atoms with van der Waals surface area (Å²) in [7, 11) is 0. The minimum Gasteiger partial charge on any atom is -0.0848 e. The first-order chi connectivity index (χ1) is 7.13. The van der Waals surface area contributed by atoms with Crippen LogP contribution in [0.2, 0.25) is 0 Å². The van der Waals surface area contributed by atoms with E-state index in [0.29, 0.717) is 5.92 Å². The molecule has 0 aliphatic rings. The van der Waals surface area contributed by atoms with Gasteiger partial charge in [0, 0.05) is 0 Å². The molecule has 0 amide bonds. The van der Waals surface area contributed by atoms with E-state index in [1.165, 1.54) is 32.1 Å². The van der Waals surface area contributed by atoms with Gasteiger partial charge in [-0.3, -0.25) is 0 Å². The molecule has 0 saturated carbocycles. The lowest BCUT2D eigenvalue weighted by Gasteiger charge is -2.07. The predicted molar refractivity (Wildman–Crippen MR) is 71.1 cm³/mol. The Morgan fingerprint density at radius 3 is 2.20 bits per heavy atom. The third-order valence-electron chi connectivity index (χ3n) is 2.90. The molecule has 88 valence electrons. The van der Waals surface area contributed by atoms with Crippen molar-refractivity contribution in [1.82, 2.24) is 0 Å². The third-order valence-corrected chi connectivity index (χ3v) is 2.90. The molecule has 0 aliphatic carbocycles. The number of hydrogen-bond donors (Lipinski definition) is 0. The summed E-state index contributed by atoms with van der Waals surface area (Å²) < 4.78 is 0. The Hall–Kier alpha value is -0.520. The van der Waals surface area contributed by atoms with Crippen LogP contribution in [0.25, 0.3) is 0 Å². The summed E-state index contributed by atoms with van der Waals surface area (Å²) >= 11 is 0. The van der Waals surface area contributed by atoms with Gasteiger partial charge >= 0.3 is 0 Å². The number of hydrogen-bond acceptors (Lipinski definition) is 0. The second-order valence-electron chi connectivity index (χ2n) is 4.55. The van der Waals surface area contributed by atoms with Gasteiger partial charge in [0.15, 0.2) is 0 Å². The summed E-state index contributed by atoms with van der Waals surface area (Å²) in [5, 5.41) is 0. The minimum atomic E-state index is 0.699. The maximum atomic E-state index is 2.43. The lowest BCUT2D eigenvalue weighted by molar-refractivity contribution is 0.719. The van der Waals surface area contributed by atoms with Gasteiger partial charge in [-0.1, -0.05) is 57.4 Å². The second-order valence-corrected chi connectivity index (χ2v) is 4.55. The fourth-order valence-electron chi connectivity index (χ4n) is 1.92. The average Bonchev–Trinajstić information content (AvgIpc) is 2.19. The molecule has 0 nitrogen and oxygen atoms in total. The van der Waals surface area contributed by atoms with Crippen molar-refractivity contribution >= 4 is 0 Å². The second kappa shape index (κ2) is 8.76. The van der Waals surface area contributed by atoms with Crippen LogP contribution in [-0.2, 0) is 0 Å². The van der Waals surface area contributed by atoms with Gasteiger partial charge in [-0.25, -0.2) is 0 Å². The molecule has 0 bridgehead atoms. The summed E-state index contributed by atoms with van der Waals surface area (Å²) in [6.45, 7) is 11.3. The van der Waals surface area contributed by atoms with Crippen molar-refractivity contribution in [2.45, 2.75) is 66.7 Å². The summed E-state index contributed by atoms with van der Waals surface area (Å²) in [5.41, 5.74) is 3.15. The SMILES string of the molecule is CCCC(C)=CC(C)CC=C(CC)CC. The Balaban J connectivity index is 4.07. The Bertz CT molecular complexity index is 202. The van der Waals surface area contributed by atoms with Gasteiger partial charge < -0.3 is 0 Å². The molecule has 0 aromatic heterocycles. The van der Waals surface area contributed by atoms with Crippen molar-refractivity contribution < 1.29 is 0 Å². The summed E-state index contributed by atoms with van der Waals surface area (Å²) in [6.07, 6.45) is 11.0. The lowest BCUT2D eigenvalue weighted by atomic mass is 9.99. The predicted octanol–water partition coefficient (Wildman–Crippen LogP) is 5.51. The van der Waals surface area contributed by atoms with Gasteiger partial charge in [0.05, 0.1) is 0 Å². The van der Waals surface area contributed by atoms with E-state index in [9.17, 15) is 0 Å². The monoisotopic (exact) mass is 208 g/mol. The fourth-order valence-corrected chi connectivity index (χ4v) is 1.92. The highest BCUT2D eigenvalue weighted by molar-refractivity contribution is 5.05. The smallest absolute Gasteiger partial charge is 0.0225 e. The van der Waals surface area contributed by atoms with Crippen LogP contribution < -0.4 is 0 Å². The minimum absolute atomic E-state index is 0.699. The van der Waals surface area contributed by atoms with E-state index >= 15 is 0 Å². The first-order valence-electron chi connectivity index (χ1n) is 6.49. The zero-order chi connectivity index (χ0) is 11.7.